The fourth-order valence-corrected chi connectivity index (χ4v) is 2.79. The standard InChI is InChI=1S/C12H20N2O3/c1-8-5-9(6-8)13-12(17)14-4-2-3-10(14)7-11(15)16/h8-10H,2-7H2,1H3,(H,13,17)(H,15,16). The summed E-state index contributed by atoms with van der Waals surface area (Å²) in [6, 6.07) is 0.0965. The normalized spacial score (nSPS) is 32.1. The van der Waals surface area contributed by atoms with Gasteiger partial charge >= 0.3 is 12.0 Å². The summed E-state index contributed by atoms with van der Waals surface area (Å²) in [6.45, 7) is 2.86. The van der Waals surface area contributed by atoms with E-state index in [0.717, 1.165) is 25.7 Å². The lowest BCUT2D eigenvalue weighted by molar-refractivity contribution is -0.137. The number of carbonyl (C=O) groups is 2. The summed E-state index contributed by atoms with van der Waals surface area (Å²) in [5.41, 5.74) is 0. The highest BCUT2D eigenvalue weighted by molar-refractivity contribution is 5.76. The first-order valence-electron chi connectivity index (χ1n) is 6.35. The van der Waals surface area contributed by atoms with Crippen LogP contribution in [0.1, 0.15) is 39.0 Å². The maximum Gasteiger partial charge on any atom is 0.317 e. The van der Waals surface area contributed by atoms with Crippen LogP contribution in [-0.2, 0) is 4.79 Å². The number of amides is 2. The zero-order valence-corrected chi connectivity index (χ0v) is 10.2. The summed E-state index contributed by atoms with van der Waals surface area (Å²) in [7, 11) is 0. The molecule has 2 amide bonds. The Labute approximate surface area is 101 Å². The summed E-state index contributed by atoms with van der Waals surface area (Å²) >= 11 is 0. The number of urea groups is 1. The minimum atomic E-state index is -0.827. The minimum absolute atomic E-state index is 0.0640. The van der Waals surface area contributed by atoms with Crippen LogP contribution in [0, 0.1) is 5.92 Å². The smallest absolute Gasteiger partial charge is 0.317 e. The van der Waals surface area contributed by atoms with Crippen LogP contribution >= 0.6 is 0 Å². The van der Waals surface area contributed by atoms with Gasteiger partial charge in [0.1, 0.15) is 0 Å². The van der Waals surface area contributed by atoms with E-state index in [0.29, 0.717) is 18.5 Å². The molecule has 2 N–H and O–H groups in total. The molecule has 1 atom stereocenters. The van der Waals surface area contributed by atoms with Gasteiger partial charge in [-0.1, -0.05) is 6.92 Å². The molecule has 1 saturated carbocycles. The quantitative estimate of drug-likeness (QED) is 0.784. The Bertz CT molecular complexity index is 313. The van der Waals surface area contributed by atoms with E-state index in [1.807, 2.05) is 0 Å². The van der Waals surface area contributed by atoms with Crippen molar-refractivity contribution < 1.29 is 14.7 Å². The molecule has 1 aliphatic heterocycles. The molecule has 2 aliphatic rings. The Balaban J connectivity index is 1.83. The van der Waals surface area contributed by atoms with E-state index in [-0.39, 0.29) is 18.5 Å². The molecule has 1 aliphatic carbocycles. The molecule has 2 rings (SSSR count). The van der Waals surface area contributed by atoms with E-state index in [2.05, 4.69) is 12.2 Å². The fourth-order valence-electron chi connectivity index (χ4n) is 2.79. The molecule has 5 heteroatoms. The number of rotatable bonds is 3. The van der Waals surface area contributed by atoms with Crippen LogP contribution in [0.3, 0.4) is 0 Å². The van der Waals surface area contributed by atoms with E-state index in [4.69, 9.17) is 5.11 Å². The van der Waals surface area contributed by atoms with Gasteiger partial charge in [-0.05, 0) is 31.6 Å². The second-order valence-corrected chi connectivity index (χ2v) is 5.31. The van der Waals surface area contributed by atoms with Gasteiger partial charge in [0.05, 0.1) is 6.42 Å². The van der Waals surface area contributed by atoms with Crippen molar-refractivity contribution in [1.29, 1.82) is 0 Å². The van der Waals surface area contributed by atoms with E-state index >= 15 is 0 Å². The summed E-state index contributed by atoms with van der Waals surface area (Å²) in [4.78, 5) is 24.4. The first-order chi connectivity index (χ1) is 8.06. The second-order valence-electron chi connectivity index (χ2n) is 5.31. The first-order valence-corrected chi connectivity index (χ1v) is 6.35. The lowest BCUT2D eigenvalue weighted by atomic mass is 9.82. The zero-order valence-electron chi connectivity index (χ0n) is 10.2. The maximum absolute atomic E-state index is 12.0. The molecule has 0 spiro atoms. The lowest BCUT2D eigenvalue weighted by Gasteiger charge is -2.35. The van der Waals surface area contributed by atoms with E-state index in [1.54, 1.807) is 4.90 Å². The Morgan fingerprint density at radius 1 is 1.41 bits per heavy atom. The molecule has 1 heterocycles. The van der Waals surface area contributed by atoms with Crippen LogP contribution in [0.25, 0.3) is 0 Å². The number of hydrogen-bond acceptors (Lipinski definition) is 2. The Morgan fingerprint density at radius 2 is 2.12 bits per heavy atom. The second kappa shape index (κ2) is 4.94. The van der Waals surface area contributed by atoms with Crippen molar-refractivity contribution >= 4 is 12.0 Å². The SMILES string of the molecule is CC1CC(NC(=O)N2CCCC2CC(=O)O)C1. The third kappa shape index (κ3) is 2.90. The summed E-state index contributed by atoms with van der Waals surface area (Å²) in [5, 5.41) is 11.8. The van der Waals surface area contributed by atoms with E-state index in [1.165, 1.54) is 0 Å². The van der Waals surface area contributed by atoms with Crippen molar-refractivity contribution in [1.82, 2.24) is 10.2 Å². The predicted molar refractivity (Wildman–Crippen MR) is 62.7 cm³/mol. The summed E-state index contributed by atoms with van der Waals surface area (Å²) < 4.78 is 0. The van der Waals surface area contributed by atoms with Crippen molar-refractivity contribution in [2.24, 2.45) is 5.92 Å². The van der Waals surface area contributed by atoms with Gasteiger partial charge in [-0.15, -0.1) is 0 Å². The molecule has 1 unspecified atom stereocenters. The van der Waals surface area contributed by atoms with Crippen LogP contribution in [0.15, 0.2) is 0 Å². The van der Waals surface area contributed by atoms with Gasteiger partial charge in [0.25, 0.3) is 0 Å². The van der Waals surface area contributed by atoms with Gasteiger partial charge in [-0.3, -0.25) is 4.79 Å². The van der Waals surface area contributed by atoms with Gasteiger partial charge in [-0.25, -0.2) is 4.79 Å². The van der Waals surface area contributed by atoms with Crippen LogP contribution in [0.5, 0.6) is 0 Å². The van der Waals surface area contributed by atoms with Gasteiger partial charge in [-0.2, -0.15) is 0 Å². The molecule has 96 valence electrons. The fraction of sp³-hybridized carbons (Fsp3) is 0.833. The van der Waals surface area contributed by atoms with Crippen molar-refractivity contribution in [3.8, 4) is 0 Å². The molecule has 0 aromatic carbocycles. The number of likely N-dealkylation sites (tertiary alicyclic amines) is 1. The lowest BCUT2D eigenvalue weighted by Crippen LogP contribution is -2.50. The maximum atomic E-state index is 12.0. The number of carboxylic acids is 1. The highest BCUT2D eigenvalue weighted by atomic mass is 16.4. The van der Waals surface area contributed by atoms with Crippen molar-refractivity contribution in [3.63, 3.8) is 0 Å². The van der Waals surface area contributed by atoms with E-state index < -0.39 is 5.97 Å². The molecule has 5 nitrogen and oxygen atoms in total. The molecule has 1 saturated heterocycles. The Hall–Kier alpha value is -1.26. The zero-order chi connectivity index (χ0) is 12.4. The van der Waals surface area contributed by atoms with Gasteiger partial charge < -0.3 is 15.3 Å². The highest BCUT2D eigenvalue weighted by Gasteiger charge is 2.33. The first kappa shape index (κ1) is 12.2. The monoisotopic (exact) mass is 240 g/mol. The van der Waals surface area contributed by atoms with Crippen molar-refractivity contribution in [3.05, 3.63) is 0 Å². The number of carboxylic acid groups (broad SMARTS) is 1. The van der Waals surface area contributed by atoms with Crippen LogP contribution in [0.4, 0.5) is 4.79 Å². The third-order valence-electron chi connectivity index (χ3n) is 3.75. The highest BCUT2D eigenvalue weighted by Crippen LogP contribution is 2.27. The molecule has 0 bridgehead atoms. The van der Waals surface area contributed by atoms with Gasteiger partial charge in [0.2, 0.25) is 0 Å². The molecular formula is C12H20N2O3. The topological polar surface area (TPSA) is 69.6 Å². The largest absolute Gasteiger partial charge is 0.481 e. The number of aliphatic carboxylic acids is 1. The average molecular weight is 240 g/mol. The summed E-state index contributed by atoms with van der Waals surface area (Å²) in [6.07, 6.45) is 3.87. The molecule has 0 aromatic heterocycles. The van der Waals surface area contributed by atoms with Gasteiger partial charge in [0.15, 0.2) is 0 Å². The number of carbonyl (C=O) groups excluding carboxylic acids is 1. The van der Waals surface area contributed by atoms with E-state index in [9.17, 15) is 9.59 Å². The molecule has 0 aromatic rings. The number of nitrogens with one attached hydrogen (secondary N) is 1. The van der Waals surface area contributed by atoms with Crippen molar-refractivity contribution in [2.45, 2.75) is 51.1 Å². The van der Waals surface area contributed by atoms with Crippen LogP contribution < -0.4 is 5.32 Å². The molecule has 2 fully saturated rings. The van der Waals surface area contributed by atoms with Gasteiger partial charge in [0, 0.05) is 18.6 Å². The minimum Gasteiger partial charge on any atom is -0.481 e. The van der Waals surface area contributed by atoms with Crippen molar-refractivity contribution in [2.75, 3.05) is 6.54 Å². The third-order valence-corrected chi connectivity index (χ3v) is 3.75. The van der Waals surface area contributed by atoms with Crippen LogP contribution in [0.2, 0.25) is 0 Å². The van der Waals surface area contributed by atoms with Crippen LogP contribution in [-0.4, -0.2) is 40.6 Å². The molecule has 17 heavy (non-hydrogen) atoms. The summed E-state index contributed by atoms with van der Waals surface area (Å²) in [5.74, 6) is -0.124. The number of hydrogen-bond donors (Lipinski definition) is 2. The average Bonchev–Trinajstić information content (AvgIpc) is 2.62. The molecule has 0 radical (unpaired) electrons. The molecular weight excluding hydrogens is 220 g/mol. The Kier molecular flexibility index (Phi) is 3.54. The Morgan fingerprint density at radius 3 is 2.71 bits per heavy atom. The number of nitrogens with zero attached hydrogens (tertiary/aromatic N) is 1. The predicted octanol–water partition coefficient (Wildman–Crippen LogP) is 1.43.